The van der Waals surface area contributed by atoms with Gasteiger partial charge >= 0.3 is 5.97 Å². The van der Waals surface area contributed by atoms with Crippen LogP contribution in [0.5, 0.6) is 0 Å². The first-order valence-corrected chi connectivity index (χ1v) is 8.22. The molecule has 3 rings (SSSR count). The molecule has 5 nitrogen and oxygen atoms in total. The molecule has 2 aromatic rings. The summed E-state index contributed by atoms with van der Waals surface area (Å²) < 4.78 is 31.5. The van der Waals surface area contributed by atoms with Crippen molar-refractivity contribution in [2.45, 2.75) is 12.8 Å². The van der Waals surface area contributed by atoms with Gasteiger partial charge in [-0.3, -0.25) is 4.79 Å². The van der Waals surface area contributed by atoms with Gasteiger partial charge in [0.05, 0.1) is 24.0 Å². The molecule has 0 unspecified atom stereocenters. The molecule has 0 bridgehead atoms. The predicted molar refractivity (Wildman–Crippen MR) is 93.5 cm³/mol. The number of ether oxygens (including phenoxy) is 1. The third kappa shape index (κ3) is 3.82. The van der Waals surface area contributed by atoms with Crippen LogP contribution in [-0.2, 0) is 4.74 Å². The summed E-state index contributed by atoms with van der Waals surface area (Å²) in [5.41, 5.74) is 1.28. The summed E-state index contributed by atoms with van der Waals surface area (Å²) in [6.07, 6.45) is 2.06. The second kappa shape index (κ2) is 7.51. The van der Waals surface area contributed by atoms with E-state index in [1.165, 1.54) is 13.2 Å². The third-order valence-corrected chi connectivity index (χ3v) is 4.24. The molecule has 1 amide bonds. The van der Waals surface area contributed by atoms with Gasteiger partial charge in [-0.15, -0.1) is 0 Å². The summed E-state index contributed by atoms with van der Waals surface area (Å²) >= 11 is 0. The highest BCUT2D eigenvalue weighted by Crippen LogP contribution is 2.31. The highest BCUT2D eigenvalue weighted by molar-refractivity contribution is 6.06. The van der Waals surface area contributed by atoms with Gasteiger partial charge in [0, 0.05) is 24.7 Å². The Morgan fingerprint density at radius 2 is 1.65 bits per heavy atom. The number of benzene rings is 2. The van der Waals surface area contributed by atoms with E-state index in [1.807, 2.05) is 0 Å². The molecule has 2 aromatic carbocycles. The number of amides is 1. The number of rotatable bonds is 4. The van der Waals surface area contributed by atoms with Crippen LogP contribution < -0.4 is 10.2 Å². The van der Waals surface area contributed by atoms with Crippen molar-refractivity contribution in [3.63, 3.8) is 0 Å². The molecule has 0 radical (unpaired) electrons. The smallest absolute Gasteiger partial charge is 0.337 e. The molecule has 1 saturated heterocycles. The van der Waals surface area contributed by atoms with E-state index in [0.717, 1.165) is 43.8 Å². The molecule has 0 saturated carbocycles. The van der Waals surface area contributed by atoms with Crippen LogP contribution in [0.2, 0.25) is 0 Å². The van der Waals surface area contributed by atoms with Gasteiger partial charge in [0.25, 0.3) is 5.91 Å². The molecule has 1 N–H and O–H groups in total. The fraction of sp³-hybridized carbons (Fsp3) is 0.263. The summed E-state index contributed by atoms with van der Waals surface area (Å²) in [5.74, 6) is -2.87. The normalized spacial score (nSPS) is 13.6. The zero-order valence-corrected chi connectivity index (χ0v) is 14.2. The zero-order chi connectivity index (χ0) is 18.7. The Morgan fingerprint density at radius 1 is 1.00 bits per heavy atom. The van der Waals surface area contributed by atoms with Crippen LogP contribution in [0.3, 0.4) is 0 Å². The number of nitrogens with zero attached hydrogens (tertiary/aromatic N) is 1. The molecular formula is C19H18F2N2O3. The third-order valence-electron chi connectivity index (χ3n) is 4.24. The minimum absolute atomic E-state index is 0.140. The first kappa shape index (κ1) is 17.8. The van der Waals surface area contributed by atoms with Crippen molar-refractivity contribution in [2.24, 2.45) is 0 Å². The van der Waals surface area contributed by atoms with Gasteiger partial charge in [-0.1, -0.05) is 0 Å². The molecule has 0 atom stereocenters. The van der Waals surface area contributed by atoms with Crippen LogP contribution >= 0.6 is 0 Å². The molecule has 1 heterocycles. The number of methoxy groups -OCH3 is 1. The van der Waals surface area contributed by atoms with E-state index >= 15 is 0 Å². The zero-order valence-electron chi connectivity index (χ0n) is 14.2. The fourth-order valence-electron chi connectivity index (χ4n) is 2.99. The van der Waals surface area contributed by atoms with Gasteiger partial charge in [-0.2, -0.15) is 0 Å². The number of nitrogens with one attached hydrogen (secondary N) is 1. The molecule has 0 aliphatic carbocycles. The molecule has 1 aliphatic heterocycles. The number of anilines is 2. The van der Waals surface area contributed by atoms with Crippen molar-refractivity contribution < 1.29 is 23.1 Å². The summed E-state index contributed by atoms with van der Waals surface area (Å²) in [6.45, 7) is 1.66. The van der Waals surface area contributed by atoms with Crippen molar-refractivity contribution in [2.75, 3.05) is 30.4 Å². The van der Waals surface area contributed by atoms with Crippen LogP contribution in [0.15, 0.2) is 36.4 Å². The lowest BCUT2D eigenvalue weighted by atomic mass is 10.1. The van der Waals surface area contributed by atoms with E-state index in [1.54, 1.807) is 12.1 Å². The molecule has 7 heteroatoms. The number of esters is 1. The Hall–Kier alpha value is -2.96. The molecule has 1 fully saturated rings. The first-order valence-electron chi connectivity index (χ1n) is 8.22. The Kier molecular flexibility index (Phi) is 5.16. The quantitative estimate of drug-likeness (QED) is 0.847. The lowest BCUT2D eigenvalue weighted by Gasteiger charge is -2.22. The predicted octanol–water partition coefficient (Wildman–Crippen LogP) is 3.60. The monoisotopic (exact) mass is 360 g/mol. The number of hydrogen-bond acceptors (Lipinski definition) is 4. The molecule has 1 aliphatic rings. The molecule has 26 heavy (non-hydrogen) atoms. The Bertz CT molecular complexity index is 828. The minimum atomic E-state index is -0.835. The highest BCUT2D eigenvalue weighted by Gasteiger charge is 2.20. The van der Waals surface area contributed by atoms with E-state index in [9.17, 15) is 18.4 Å². The largest absolute Gasteiger partial charge is 0.465 e. The van der Waals surface area contributed by atoms with Gasteiger partial charge in [0.1, 0.15) is 11.6 Å². The average molecular weight is 360 g/mol. The second-order valence-electron chi connectivity index (χ2n) is 6.03. The lowest BCUT2D eigenvalue weighted by Crippen LogP contribution is -2.22. The Balaban J connectivity index is 1.95. The van der Waals surface area contributed by atoms with Gasteiger partial charge in [0.2, 0.25) is 0 Å². The lowest BCUT2D eigenvalue weighted by molar-refractivity contribution is 0.0600. The molecule has 0 aromatic heterocycles. The van der Waals surface area contributed by atoms with Crippen molar-refractivity contribution in [3.05, 3.63) is 59.2 Å². The van der Waals surface area contributed by atoms with Crippen molar-refractivity contribution in [1.82, 2.24) is 0 Å². The van der Waals surface area contributed by atoms with E-state index in [-0.39, 0.29) is 11.1 Å². The highest BCUT2D eigenvalue weighted by atomic mass is 19.1. The number of hydrogen-bond donors (Lipinski definition) is 1. The van der Waals surface area contributed by atoms with E-state index in [0.29, 0.717) is 11.8 Å². The molecule has 136 valence electrons. The summed E-state index contributed by atoms with van der Waals surface area (Å²) in [4.78, 5) is 26.3. The first-order chi connectivity index (χ1) is 12.5. The average Bonchev–Trinajstić information content (AvgIpc) is 3.14. The van der Waals surface area contributed by atoms with Gasteiger partial charge in [-0.05, 0) is 43.2 Å². The minimum Gasteiger partial charge on any atom is -0.465 e. The Labute approximate surface area is 149 Å². The standard InChI is InChI=1S/C19H18F2N2O3/c1-26-19(25)12-4-5-17(23-6-2-3-7-23)16(10-12)22-18(24)13-8-14(20)11-15(21)9-13/h4-5,8-11H,2-3,6-7H2,1H3,(H,22,24). The second-order valence-corrected chi connectivity index (χ2v) is 6.03. The van der Waals surface area contributed by atoms with Crippen molar-refractivity contribution >= 4 is 23.3 Å². The van der Waals surface area contributed by atoms with Crippen LogP contribution in [-0.4, -0.2) is 32.1 Å². The van der Waals surface area contributed by atoms with E-state index in [4.69, 9.17) is 4.74 Å². The SMILES string of the molecule is COC(=O)c1ccc(N2CCCC2)c(NC(=O)c2cc(F)cc(F)c2)c1. The molecular weight excluding hydrogens is 342 g/mol. The van der Waals surface area contributed by atoms with Crippen LogP contribution in [0.4, 0.5) is 20.2 Å². The maximum Gasteiger partial charge on any atom is 0.337 e. The maximum absolute atomic E-state index is 13.4. The Morgan fingerprint density at radius 3 is 2.27 bits per heavy atom. The van der Waals surface area contributed by atoms with Crippen LogP contribution in [0.1, 0.15) is 33.6 Å². The van der Waals surface area contributed by atoms with Gasteiger partial charge in [-0.25, -0.2) is 13.6 Å². The number of carbonyl (C=O) groups is 2. The summed E-state index contributed by atoms with van der Waals surface area (Å²) in [5, 5.41) is 2.66. The summed E-state index contributed by atoms with van der Waals surface area (Å²) in [7, 11) is 1.27. The molecule has 0 spiro atoms. The van der Waals surface area contributed by atoms with Gasteiger partial charge in [0.15, 0.2) is 0 Å². The number of halogens is 2. The van der Waals surface area contributed by atoms with E-state index < -0.39 is 23.5 Å². The topological polar surface area (TPSA) is 58.6 Å². The van der Waals surface area contributed by atoms with Gasteiger partial charge < -0.3 is 15.0 Å². The summed E-state index contributed by atoms with van der Waals surface area (Å²) in [6, 6.07) is 7.48. The van der Waals surface area contributed by atoms with Crippen molar-refractivity contribution in [1.29, 1.82) is 0 Å². The van der Waals surface area contributed by atoms with Crippen LogP contribution in [0.25, 0.3) is 0 Å². The fourth-order valence-corrected chi connectivity index (χ4v) is 2.99. The van der Waals surface area contributed by atoms with E-state index in [2.05, 4.69) is 10.2 Å². The number of carbonyl (C=O) groups excluding carboxylic acids is 2. The van der Waals surface area contributed by atoms with Crippen LogP contribution in [0, 0.1) is 11.6 Å². The maximum atomic E-state index is 13.4. The van der Waals surface area contributed by atoms with Crippen molar-refractivity contribution in [3.8, 4) is 0 Å².